The second kappa shape index (κ2) is 6.37. The van der Waals surface area contributed by atoms with E-state index in [1.54, 1.807) is 13.1 Å². The molecule has 0 N–H and O–H groups in total. The maximum atomic E-state index is 12.0. The number of nitrogens with zero attached hydrogens (tertiary/aromatic N) is 2. The quantitative estimate of drug-likeness (QED) is 0.785. The molecule has 1 heterocycles. The van der Waals surface area contributed by atoms with Gasteiger partial charge in [0.05, 0.1) is 25.0 Å². The van der Waals surface area contributed by atoms with Gasteiger partial charge in [0.25, 0.3) is 0 Å². The molecule has 0 bridgehead atoms. The van der Waals surface area contributed by atoms with Crippen LogP contribution in [0.2, 0.25) is 0 Å². The number of carbonyl (C=O) groups is 1. The zero-order chi connectivity index (χ0) is 14.5. The van der Waals surface area contributed by atoms with Crippen molar-refractivity contribution in [1.29, 1.82) is 0 Å². The standard InChI is InChI=1S/C16H20N2O2/c1-4-20-16(19)14-10-17-18(15(14)12(2)3)11-13-8-6-5-7-9-13/h5-10,12H,4,11H2,1-3H3. The van der Waals surface area contributed by atoms with Crippen LogP contribution in [-0.4, -0.2) is 22.4 Å². The normalized spacial score (nSPS) is 10.8. The first kappa shape index (κ1) is 14.3. The van der Waals surface area contributed by atoms with E-state index < -0.39 is 0 Å². The average Bonchev–Trinajstić information content (AvgIpc) is 2.84. The van der Waals surface area contributed by atoms with E-state index >= 15 is 0 Å². The number of rotatable bonds is 5. The van der Waals surface area contributed by atoms with Crippen LogP contribution in [0.15, 0.2) is 36.5 Å². The van der Waals surface area contributed by atoms with Gasteiger partial charge in [-0.15, -0.1) is 0 Å². The van der Waals surface area contributed by atoms with E-state index in [-0.39, 0.29) is 11.9 Å². The molecule has 106 valence electrons. The summed E-state index contributed by atoms with van der Waals surface area (Å²) >= 11 is 0. The highest BCUT2D eigenvalue weighted by molar-refractivity contribution is 5.90. The van der Waals surface area contributed by atoms with Gasteiger partial charge >= 0.3 is 5.97 Å². The van der Waals surface area contributed by atoms with Gasteiger partial charge in [-0.1, -0.05) is 44.2 Å². The van der Waals surface area contributed by atoms with Crippen LogP contribution >= 0.6 is 0 Å². The zero-order valence-electron chi connectivity index (χ0n) is 12.2. The lowest BCUT2D eigenvalue weighted by Crippen LogP contribution is -2.12. The summed E-state index contributed by atoms with van der Waals surface area (Å²) in [5.74, 6) is -0.0869. The van der Waals surface area contributed by atoms with Crippen molar-refractivity contribution in [3.8, 4) is 0 Å². The van der Waals surface area contributed by atoms with Crippen LogP contribution < -0.4 is 0 Å². The minimum atomic E-state index is -0.296. The molecule has 0 unspecified atom stereocenters. The highest BCUT2D eigenvalue weighted by Gasteiger charge is 2.20. The minimum Gasteiger partial charge on any atom is -0.462 e. The van der Waals surface area contributed by atoms with Gasteiger partial charge in [-0.3, -0.25) is 4.68 Å². The minimum absolute atomic E-state index is 0.209. The number of ether oxygens (including phenoxy) is 1. The Kier molecular flexibility index (Phi) is 4.56. The molecule has 2 aromatic rings. The molecular formula is C16H20N2O2. The average molecular weight is 272 g/mol. The lowest BCUT2D eigenvalue weighted by Gasteiger charge is -2.12. The van der Waals surface area contributed by atoms with Crippen molar-refractivity contribution in [2.75, 3.05) is 6.61 Å². The Morgan fingerprint density at radius 2 is 2.00 bits per heavy atom. The van der Waals surface area contributed by atoms with Crippen LogP contribution in [0.5, 0.6) is 0 Å². The van der Waals surface area contributed by atoms with Gasteiger partial charge in [0, 0.05) is 0 Å². The van der Waals surface area contributed by atoms with Crippen LogP contribution in [0.4, 0.5) is 0 Å². The van der Waals surface area contributed by atoms with E-state index in [9.17, 15) is 4.79 Å². The lowest BCUT2D eigenvalue weighted by atomic mass is 10.1. The number of aromatic nitrogens is 2. The smallest absolute Gasteiger partial charge is 0.341 e. The maximum Gasteiger partial charge on any atom is 0.341 e. The first-order valence-corrected chi connectivity index (χ1v) is 6.90. The molecule has 0 atom stereocenters. The van der Waals surface area contributed by atoms with Crippen molar-refractivity contribution in [2.45, 2.75) is 33.2 Å². The van der Waals surface area contributed by atoms with Crippen LogP contribution in [0.3, 0.4) is 0 Å². The molecule has 4 heteroatoms. The second-order valence-corrected chi connectivity index (χ2v) is 4.96. The molecule has 0 saturated heterocycles. The Morgan fingerprint density at radius 1 is 1.30 bits per heavy atom. The molecular weight excluding hydrogens is 252 g/mol. The van der Waals surface area contributed by atoms with Gasteiger partial charge in [-0.05, 0) is 18.4 Å². The van der Waals surface area contributed by atoms with Gasteiger partial charge in [0.2, 0.25) is 0 Å². The van der Waals surface area contributed by atoms with E-state index in [0.717, 1.165) is 11.3 Å². The van der Waals surface area contributed by atoms with Crippen LogP contribution in [0.1, 0.15) is 48.3 Å². The molecule has 0 aliphatic heterocycles. The Balaban J connectivity index is 2.32. The number of esters is 1. The Hall–Kier alpha value is -2.10. The molecule has 2 rings (SSSR count). The fourth-order valence-electron chi connectivity index (χ4n) is 2.25. The molecule has 0 aliphatic carbocycles. The predicted octanol–water partition coefficient (Wildman–Crippen LogP) is 3.23. The summed E-state index contributed by atoms with van der Waals surface area (Å²) in [6.45, 7) is 6.96. The fraction of sp³-hybridized carbons (Fsp3) is 0.375. The topological polar surface area (TPSA) is 44.1 Å². The summed E-state index contributed by atoms with van der Waals surface area (Å²) < 4.78 is 6.97. The van der Waals surface area contributed by atoms with Gasteiger partial charge < -0.3 is 4.74 Å². The Labute approximate surface area is 119 Å². The molecule has 0 aliphatic rings. The van der Waals surface area contributed by atoms with Crippen molar-refractivity contribution in [3.05, 3.63) is 53.3 Å². The third-order valence-electron chi connectivity index (χ3n) is 3.10. The van der Waals surface area contributed by atoms with Crippen LogP contribution in [0.25, 0.3) is 0 Å². The maximum absolute atomic E-state index is 12.0. The highest BCUT2D eigenvalue weighted by Crippen LogP contribution is 2.21. The summed E-state index contributed by atoms with van der Waals surface area (Å²) in [4.78, 5) is 12.0. The lowest BCUT2D eigenvalue weighted by molar-refractivity contribution is 0.0524. The van der Waals surface area contributed by atoms with E-state index in [0.29, 0.717) is 18.7 Å². The molecule has 1 aromatic heterocycles. The molecule has 0 saturated carbocycles. The van der Waals surface area contributed by atoms with Crippen LogP contribution in [0, 0.1) is 0 Å². The summed E-state index contributed by atoms with van der Waals surface area (Å²) in [5.41, 5.74) is 2.65. The van der Waals surface area contributed by atoms with Gasteiger partial charge in [-0.2, -0.15) is 5.10 Å². The summed E-state index contributed by atoms with van der Waals surface area (Å²) in [6.07, 6.45) is 1.61. The first-order valence-electron chi connectivity index (χ1n) is 6.90. The van der Waals surface area contributed by atoms with E-state index in [2.05, 4.69) is 31.1 Å². The second-order valence-electron chi connectivity index (χ2n) is 4.96. The fourth-order valence-corrected chi connectivity index (χ4v) is 2.25. The van der Waals surface area contributed by atoms with E-state index in [1.165, 1.54) is 0 Å². The Morgan fingerprint density at radius 3 is 2.60 bits per heavy atom. The van der Waals surface area contributed by atoms with Crippen molar-refractivity contribution in [2.24, 2.45) is 0 Å². The van der Waals surface area contributed by atoms with Gasteiger partial charge in [0.15, 0.2) is 0 Å². The number of hydrogen-bond acceptors (Lipinski definition) is 3. The Bertz CT molecular complexity index is 573. The molecule has 0 radical (unpaired) electrons. The van der Waals surface area contributed by atoms with Gasteiger partial charge in [-0.25, -0.2) is 4.79 Å². The summed E-state index contributed by atoms with van der Waals surface area (Å²) in [5, 5.41) is 4.35. The summed E-state index contributed by atoms with van der Waals surface area (Å²) in [6, 6.07) is 10.1. The third-order valence-corrected chi connectivity index (χ3v) is 3.10. The SMILES string of the molecule is CCOC(=O)c1cnn(Cc2ccccc2)c1C(C)C. The first-order chi connectivity index (χ1) is 9.63. The monoisotopic (exact) mass is 272 g/mol. The molecule has 4 nitrogen and oxygen atoms in total. The van der Waals surface area contributed by atoms with Gasteiger partial charge in [0.1, 0.15) is 5.56 Å². The van der Waals surface area contributed by atoms with Crippen molar-refractivity contribution in [1.82, 2.24) is 9.78 Å². The van der Waals surface area contributed by atoms with Crippen molar-refractivity contribution in [3.63, 3.8) is 0 Å². The number of hydrogen-bond donors (Lipinski definition) is 0. The van der Waals surface area contributed by atoms with Crippen molar-refractivity contribution < 1.29 is 9.53 Å². The van der Waals surface area contributed by atoms with E-state index in [4.69, 9.17) is 4.74 Å². The predicted molar refractivity (Wildman–Crippen MR) is 77.8 cm³/mol. The number of carbonyl (C=O) groups excluding carboxylic acids is 1. The molecule has 0 amide bonds. The molecule has 20 heavy (non-hydrogen) atoms. The third kappa shape index (κ3) is 3.07. The highest BCUT2D eigenvalue weighted by atomic mass is 16.5. The largest absolute Gasteiger partial charge is 0.462 e. The number of benzene rings is 1. The van der Waals surface area contributed by atoms with Crippen molar-refractivity contribution >= 4 is 5.97 Å². The van der Waals surface area contributed by atoms with Crippen LogP contribution in [-0.2, 0) is 11.3 Å². The molecule has 0 fully saturated rings. The van der Waals surface area contributed by atoms with E-state index in [1.807, 2.05) is 22.9 Å². The zero-order valence-corrected chi connectivity index (χ0v) is 12.2. The molecule has 0 spiro atoms. The summed E-state index contributed by atoms with van der Waals surface area (Å²) in [7, 11) is 0. The molecule has 1 aromatic carbocycles.